The normalized spacial score (nSPS) is 10.5. The van der Waals surface area contributed by atoms with Crippen molar-refractivity contribution < 1.29 is 4.79 Å². The minimum Gasteiger partial charge on any atom is -0.305 e. The quantitative estimate of drug-likeness (QED) is 0.774. The summed E-state index contributed by atoms with van der Waals surface area (Å²) in [6.07, 6.45) is 1.70. The predicted molar refractivity (Wildman–Crippen MR) is 89.5 cm³/mol. The molecule has 0 saturated heterocycles. The second-order valence-corrected chi connectivity index (χ2v) is 6.01. The summed E-state index contributed by atoms with van der Waals surface area (Å²) in [6.45, 7) is 1.94. The lowest BCUT2D eigenvalue weighted by atomic mass is 10.2. The van der Waals surface area contributed by atoms with Crippen molar-refractivity contribution in [2.24, 2.45) is 0 Å². The fourth-order valence-corrected chi connectivity index (χ4v) is 2.76. The summed E-state index contributed by atoms with van der Waals surface area (Å²) in [6, 6.07) is 11.0. The average Bonchev–Trinajstić information content (AvgIpc) is 3.00. The lowest BCUT2D eigenvalue weighted by molar-refractivity contribution is 0.102. The van der Waals surface area contributed by atoms with E-state index in [4.69, 9.17) is 11.6 Å². The molecule has 0 fully saturated rings. The minimum absolute atomic E-state index is 0.271. The zero-order valence-corrected chi connectivity index (χ0v) is 13.3. The molecule has 0 bridgehead atoms. The highest BCUT2D eigenvalue weighted by atomic mass is 35.5. The molecule has 0 aliphatic carbocycles. The van der Waals surface area contributed by atoms with Crippen LogP contribution in [0.3, 0.4) is 0 Å². The number of carbonyl (C=O) groups is 1. The van der Waals surface area contributed by atoms with E-state index >= 15 is 0 Å². The SMILES string of the molecule is Cc1ccc(NC(=O)c2csc(-c3ccc(Cl)cc3)n2)nc1. The molecule has 4 nitrogen and oxygen atoms in total. The molecule has 3 aromatic rings. The molecular formula is C16H12ClN3OS. The van der Waals surface area contributed by atoms with Crippen LogP contribution in [0.25, 0.3) is 10.6 Å². The molecule has 1 N–H and O–H groups in total. The van der Waals surface area contributed by atoms with Gasteiger partial charge in [0, 0.05) is 22.2 Å². The van der Waals surface area contributed by atoms with Gasteiger partial charge in [-0.25, -0.2) is 9.97 Å². The maximum absolute atomic E-state index is 12.2. The van der Waals surface area contributed by atoms with Gasteiger partial charge in [-0.3, -0.25) is 4.79 Å². The lowest BCUT2D eigenvalue weighted by Gasteiger charge is -2.02. The molecule has 0 spiro atoms. The number of hydrogen-bond acceptors (Lipinski definition) is 4. The predicted octanol–water partition coefficient (Wildman–Crippen LogP) is 4.42. The van der Waals surface area contributed by atoms with Gasteiger partial charge in [0.2, 0.25) is 0 Å². The highest BCUT2D eigenvalue weighted by molar-refractivity contribution is 7.13. The van der Waals surface area contributed by atoms with E-state index in [1.54, 1.807) is 29.8 Å². The van der Waals surface area contributed by atoms with E-state index in [0.29, 0.717) is 16.5 Å². The standard InChI is InChI=1S/C16H12ClN3OS/c1-10-2-7-14(18-8-10)20-15(21)13-9-22-16(19-13)11-3-5-12(17)6-4-11/h2-9H,1H3,(H,18,20,21). The Labute approximate surface area is 136 Å². The number of thiazole rings is 1. The first-order valence-corrected chi connectivity index (χ1v) is 7.83. The highest BCUT2D eigenvalue weighted by Gasteiger charge is 2.12. The van der Waals surface area contributed by atoms with E-state index in [1.165, 1.54) is 11.3 Å². The molecule has 3 rings (SSSR count). The van der Waals surface area contributed by atoms with E-state index < -0.39 is 0 Å². The Morgan fingerprint density at radius 3 is 2.64 bits per heavy atom. The number of nitrogens with zero attached hydrogens (tertiary/aromatic N) is 2. The average molecular weight is 330 g/mol. The maximum atomic E-state index is 12.2. The van der Waals surface area contributed by atoms with Gasteiger partial charge in [-0.05, 0) is 30.7 Å². The van der Waals surface area contributed by atoms with Crippen LogP contribution in [-0.4, -0.2) is 15.9 Å². The van der Waals surface area contributed by atoms with Crippen LogP contribution in [0.1, 0.15) is 16.1 Å². The van der Waals surface area contributed by atoms with Gasteiger partial charge in [0.05, 0.1) is 0 Å². The van der Waals surface area contributed by atoms with Crippen LogP contribution in [0, 0.1) is 6.92 Å². The molecule has 0 aliphatic rings. The largest absolute Gasteiger partial charge is 0.305 e. The molecule has 1 aromatic carbocycles. The van der Waals surface area contributed by atoms with E-state index in [2.05, 4.69) is 15.3 Å². The maximum Gasteiger partial charge on any atom is 0.276 e. The Bertz CT molecular complexity index is 797. The summed E-state index contributed by atoms with van der Waals surface area (Å²) in [5.74, 6) is 0.240. The molecule has 0 atom stereocenters. The molecule has 0 unspecified atom stereocenters. The third-order valence-corrected chi connectivity index (χ3v) is 4.12. The number of halogens is 1. The monoisotopic (exact) mass is 329 g/mol. The van der Waals surface area contributed by atoms with Gasteiger partial charge < -0.3 is 5.32 Å². The number of pyridine rings is 1. The fraction of sp³-hybridized carbons (Fsp3) is 0.0625. The Balaban J connectivity index is 1.76. The van der Waals surface area contributed by atoms with Gasteiger partial charge >= 0.3 is 0 Å². The van der Waals surface area contributed by atoms with E-state index in [-0.39, 0.29) is 5.91 Å². The summed E-state index contributed by atoms with van der Waals surface area (Å²) in [5, 5.41) is 5.91. The Hall–Kier alpha value is -2.24. The summed E-state index contributed by atoms with van der Waals surface area (Å²) >= 11 is 7.28. The van der Waals surface area contributed by atoms with Crippen molar-refractivity contribution in [3.05, 3.63) is 64.3 Å². The second-order valence-electron chi connectivity index (χ2n) is 4.72. The third kappa shape index (κ3) is 3.32. The van der Waals surface area contributed by atoms with E-state index in [0.717, 1.165) is 16.1 Å². The number of anilines is 1. The van der Waals surface area contributed by atoms with Crippen molar-refractivity contribution in [1.29, 1.82) is 0 Å². The lowest BCUT2D eigenvalue weighted by Crippen LogP contribution is -2.13. The van der Waals surface area contributed by atoms with Crippen LogP contribution in [-0.2, 0) is 0 Å². The van der Waals surface area contributed by atoms with Crippen LogP contribution in [0.5, 0.6) is 0 Å². The number of aromatic nitrogens is 2. The van der Waals surface area contributed by atoms with Crippen molar-refractivity contribution in [3.63, 3.8) is 0 Å². The number of amides is 1. The summed E-state index contributed by atoms with van der Waals surface area (Å²) in [7, 11) is 0. The summed E-state index contributed by atoms with van der Waals surface area (Å²) in [4.78, 5) is 20.7. The van der Waals surface area contributed by atoms with Crippen molar-refractivity contribution in [2.75, 3.05) is 5.32 Å². The number of nitrogens with one attached hydrogen (secondary N) is 1. The van der Waals surface area contributed by atoms with Gasteiger partial charge in [-0.1, -0.05) is 29.8 Å². The molecule has 0 saturated carbocycles. The molecule has 0 radical (unpaired) electrons. The van der Waals surface area contributed by atoms with Gasteiger partial charge in [0.1, 0.15) is 16.5 Å². The first-order valence-electron chi connectivity index (χ1n) is 6.57. The van der Waals surface area contributed by atoms with Crippen LogP contribution in [0.15, 0.2) is 48.0 Å². The molecule has 2 heterocycles. The van der Waals surface area contributed by atoms with E-state index in [1.807, 2.05) is 25.1 Å². The molecule has 6 heteroatoms. The fourth-order valence-electron chi connectivity index (χ4n) is 1.83. The number of hydrogen-bond donors (Lipinski definition) is 1. The van der Waals surface area contributed by atoms with Crippen molar-refractivity contribution >= 4 is 34.7 Å². The molecule has 0 aliphatic heterocycles. The Morgan fingerprint density at radius 1 is 1.18 bits per heavy atom. The zero-order chi connectivity index (χ0) is 15.5. The minimum atomic E-state index is -0.271. The van der Waals surface area contributed by atoms with Gasteiger partial charge in [-0.2, -0.15) is 0 Å². The number of carbonyl (C=O) groups excluding carboxylic acids is 1. The van der Waals surface area contributed by atoms with Crippen LogP contribution >= 0.6 is 22.9 Å². The second kappa shape index (κ2) is 6.25. The molecule has 1 amide bonds. The number of rotatable bonds is 3. The Kier molecular flexibility index (Phi) is 4.18. The van der Waals surface area contributed by atoms with Crippen LogP contribution in [0.2, 0.25) is 5.02 Å². The highest BCUT2D eigenvalue weighted by Crippen LogP contribution is 2.25. The summed E-state index contributed by atoms with van der Waals surface area (Å²) < 4.78 is 0. The molecule has 22 heavy (non-hydrogen) atoms. The van der Waals surface area contributed by atoms with Gasteiger partial charge in [-0.15, -0.1) is 11.3 Å². The van der Waals surface area contributed by atoms with Crippen molar-refractivity contribution in [2.45, 2.75) is 6.92 Å². The summed E-state index contributed by atoms with van der Waals surface area (Å²) in [5.41, 5.74) is 2.34. The van der Waals surface area contributed by atoms with Crippen LogP contribution in [0.4, 0.5) is 5.82 Å². The van der Waals surface area contributed by atoms with Crippen LogP contribution < -0.4 is 5.32 Å². The first-order chi connectivity index (χ1) is 10.6. The molecule has 110 valence electrons. The Morgan fingerprint density at radius 2 is 1.95 bits per heavy atom. The smallest absolute Gasteiger partial charge is 0.276 e. The van der Waals surface area contributed by atoms with Gasteiger partial charge in [0.15, 0.2) is 0 Å². The number of benzene rings is 1. The van der Waals surface area contributed by atoms with E-state index in [9.17, 15) is 4.79 Å². The van der Waals surface area contributed by atoms with Gasteiger partial charge in [0.25, 0.3) is 5.91 Å². The third-order valence-electron chi connectivity index (χ3n) is 2.98. The molecule has 2 aromatic heterocycles. The molecular weight excluding hydrogens is 318 g/mol. The topological polar surface area (TPSA) is 54.9 Å². The van der Waals surface area contributed by atoms with Crippen molar-refractivity contribution in [1.82, 2.24) is 9.97 Å². The number of aryl methyl sites for hydroxylation is 1. The van der Waals surface area contributed by atoms with Crippen molar-refractivity contribution in [3.8, 4) is 10.6 Å². The zero-order valence-electron chi connectivity index (χ0n) is 11.7. The first kappa shape index (κ1) is 14.7.